The Morgan fingerprint density at radius 1 is 1.33 bits per heavy atom. The fourth-order valence-corrected chi connectivity index (χ4v) is 2.38. The van der Waals surface area contributed by atoms with Gasteiger partial charge in [0.2, 0.25) is 0 Å². The van der Waals surface area contributed by atoms with Gasteiger partial charge in [0.05, 0.1) is 14.2 Å². The van der Waals surface area contributed by atoms with Crippen LogP contribution in [0.25, 0.3) is 0 Å². The minimum atomic E-state index is -1.08. The second-order valence-electron chi connectivity index (χ2n) is 5.43. The van der Waals surface area contributed by atoms with E-state index < -0.39 is 11.5 Å². The van der Waals surface area contributed by atoms with Gasteiger partial charge < -0.3 is 19.9 Å². The molecular weight excluding hydrogens is 270 g/mol. The number of esters is 1. The molecule has 1 saturated carbocycles. The summed E-state index contributed by atoms with van der Waals surface area (Å²) in [6.07, 6.45) is 2.78. The van der Waals surface area contributed by atoms with Gasteiger partial charge in [0.15, 0.2) is 17.0 Å². The van der Waals surface area contributed by atoms with Crippen LogP contribution in [0.4, 0.5) is 0 Å². The van der Waals surface area contributed by atoms with E-state index >= 15 is 0 Å². The molecule has 1 aromatic carbocycles. The topological polar surface area (TPSA) is 70.8 Å². The third kappa shape index (κ3) is 3.29. The molecule has 0 saturated heterocycles. The molecule has 5 nitrogen and oxygen atoms in total. The van der Waals surface area contributed by atoms with Gasteiger partial charge in [-0.1, -0.05) is 13.0 Å². The number of hydrogen-bond acceptors (Lipinski definition) is 5. The molecule has 2 rings (SSSR count). The van der Waals surface area contributed by atoms with E-state index in [1.54, 1.807) is 7.11 Å². The van der Waals surface area contributed by atoms with Crippen LogP contribution in [0.2, 0.25) is 0 Å². The Morgan fingerprint density at radius 3 is 2.57 bits per heavy atom. The predicted molar refractivity (Wildman–Crippen MR) is 79.5 cm³/mol. The molecule has 0 amide bonds. The van der Waals surface area contributed by atoms with Gasteiger partial charge in [-0.25, -0.2) is 4.79 Å². The van der Waals surface area contributed by atoms with Crippen LogP contribution in [0.15, 0.2) is 18.2 Å². The molecule has 1 unspecified atom stereocenters. The average molecular weight is 293 g/mol. The molecule has 0 heterocycles. The third-order valence-electron chi connectivity index (χ3n) is 3.97. The summed E-state index contributed by atoms with van der Waals surface area (Å²) in [4.78, 5) is 11.9. The lowest BCUT2D eigenvalue weighted by Gasteiger charge is -2.26. The van der Waals surface area contributed by atoms with Crippen LogP contribution in [0.3, 0.4) is 0 Å². The summed E-state index contributed by atoms with van der Waals surface area (Å²) >= 11 is 0. The van der Waals surface area contributed by atoms with Crippen molar-refractivity contribution < 1.29 is 19.0 Å². The first-order valence-electron chi connectivity index (χ1n) is 7.22. The Hall–Kier alpha value is -1.75. The van der Waals surface area contributed by atoms with Gasteiger partial charge in [-0.2, -0.15) is 0 Å². The van der Waals surface area contributed by atoms with Crippen molar-refractivity contribution in [3.8, 4) is 11.5 Å². The number of ether oxygens (including phenoxy) is 3. The molecule has 5 heteroatoms. The molecule has 116 valence electrons. The molecular formula is C16H23NO4. The van der Waals surface area contributed by atoms with Gasteiger partial charge in [-0.3, -0.25) is 0 Å². The molecule has 1 aromatic rings. The molecule has 0 bridgehead atoms. The lowest BCUT2D eigenvalue weighted by Crippen LogP contribution is -2.55. The second-order valence-corrected chi connectivity index (χ2v) is 5.43. The van der Waals surface area contributed by atoms with Crippen molar-refractivity contribution in [1.82, 2.24) is 0 Å². The van der Waals surface area contributed by atoms with E-state index in [0.717, 1.165) is 24.8 Å². The van der Waals surface area contributed by atoms with Gasteiger partial charge in [0.1, 0.15) is 6.61 Å². The highest BCUT2D eigenvalue weighted by atomic mass is 16.5. The maximum absolute atomic E-state index is 11.9. The number of carbonyl (C=O) groups is 1. The van der Waals surface area contributed by atoms with E-state index in [9.17, 15) is 4.79 Å². The normalized spacial score (nSPS) is 17.0. The average Bonchev–Trinajstić information content (AvgIpc) is 3.36. The maximum Gasteiger partial charge on any atom is 0.329 e. The first kappa shape index (κ1) is 15.6. The first-order chi connectivity index (χ1) is 10.0. The summed E-state index contributed by atoms with van der Waals surface area (Å²) < 4.78 is 15.9. The van der Waals surface area contributed by atoms with Crippen LogP contribution < -0.4 is 15.2 Å². The number of hydrogen-bond donors (Lipinski definition) is 1. The fraction of sp³-hybridized carbons (Fsp3) is 0.562. The highest BCUT2D eigenvalue weighted by Gasteiger charge is 2.50. The lowest BCUT2D eigenvalue weighted by molar-refractivity contribution is -0.149. The number of nitrogens with two attached hydrogens (primary N) is 1. The SMILES string of the molecule is CCc1ccc(OCC(N)(C(=O)OC)C2CC2)c(OC)c1. The van der Waals surface area contributed by atoms with Crippen LogP contribution in [-0.4, -0.2) is 32.3 Å². The van der Waals surface area contributed by atoms with E-state index in [1.807, 2.05) is 18.2 Å². The summed E-state index contributed by atoms with van der Waals surface area (Å²) in [7, 11) is 2.95. The molecule has 1 atom stereocenters. The van der Waals surface area contributed by atoms with Crippen molar-refractivity contribution >= 4 is 5.97 Å². The fourth-order valence-electron chi connectivity index (χ4n) is 2.38. The summed E-state index contributed by atoms with van der Waals surface area (Å²) in [5.41, 5.74) is 6.29. The molecule has 1 aliphatic rings. The van der Waals surface area contributed by atoms with Crippen molar-refractivity contribution in [2.24, 2.45) is 11.7 Å². The van der Waals surface area contributed by atoms with E-state index in [0.29, 0.717) is 11.5 Å². The van der Waals surface area contributed by atoms with Crippen LogP contribution >= 0.6 is 0 Å². The van der Waals surface area contributed by atoms with Crippen LogP contribution in [0.1, 0.15) is 25.3 Å². The largest absolute Gasteiger partial charge is 0.493 e. The van der Waals surface area contributed by atoms with Crippen LogP contribution in [0.5, 0.6) is 11.5 Å². The quantitative estimate of drug-likeness (QED) is 0.778. The Labute approximate surface area is 125 Å². The van der Waals surface area contributed by atoms with Gasteiger partial charge >= 0.3 is 5.97 Å². The highest BCUT2D eigenvalue weighted by molar-refractivity contribution is 5.81. The summed E-state index contributed by atoms with van der Waals surface area (Å²) in [5, 5.41) is 0. The number of methoxy groups -OCH3 is 2. The number of carbonyl (C=O) groups excluding carboxylic acids is 1. The predicted octanol–water partition coefficient (Wildman–Crippen LogP) is 1.92. The van der Waals surface area contributed by atoms with Gasteiger partial charge in [0, 0.05) is 0 Å². The molecule has 0 spiro atoms. The van der Waals surface area contributed by atoms with Gasteiger partial charge in [0.25, 0.3) is 0 Å². The van der Waals surface area contributed by atoms with Gasteiger partial charge in [-0.15, -0.1) is 0 Å². The van der Waals surface area contributed by atoms with Crippen molar-refractivity contribution in [1.29, 1.82) is 0 Å². The number of rotatable bonds is 7. The van der Waals surface area contributed by atoms with Gasteiger partial charge in [-0.05, 0) is 42.9 Å². The Balaban J connectivity index is 2.12. The summed E-state index contributed by atoms with van der Waals surface area (Å²) in [5.74, 6) is 0.950. The maximum atomic E-state index is 11.9. The molecule has 0 aromatic heterocycles. The van der Waals surface area contributed by atoms with E-state index in [2.05, 4.69) is 6.92 Å². The van der Waals surface area contributed by atoms with Crippen molar-refractivity contribution in [3.63, 3.8) is 0 Å². The van der Waals surface area contributed by atoms with Crippen molar-refractivity contribution in [3.05, 3.63) is 23.8 Å². The zero-order valence-electron chi connectivity index (χ0n) is 12.8. The second kappa shape index (κ2) is 6.35. The van der Waals surface area contributed by atoms with Crippen LogP contribution in [-0.2, 0) is 16.0 Å². The highest BCUT2D eigenvalue weighted by Crippen LogP contribution is 2.40. The molecule has 1 aliphatic carbocycles. The Kier molecular flexibility index (Phi) is 4.73. The van der Waals surface area contributed by atoms with Crippen molar-refractivity contribution in [2.45, 2.75) is 31.7 Å². The third-order valence-corrected chi connectivity index (χ3v) is 3.97. The number of benzene rings is 1. The van der Waals surface area contributed by atoms with Crippen molar-refractivity contribution in [2.75, 3.05) is 20.8 Å². The molecule has 2 N–H and O–H groups in total. The summed E-state index contributed by atoms with van der Waals surface area (Å²) in [6.45, 7) is 2.16. The zero-order valence-corrected chi connectivity index (χ0v) is 12.8. The Bertz CT molecular complexity index is 513. The molecule has 1 fully saturated rings. The van der Waals surface area contributed by atoms with Crippen LogP contribution in [0, 0.1) is 5.92 Å². The zero-order chi connectivity index (χ0) is 15.5. The van der Waals surface area contributed by atoms with E-state index in [-0.39, 0.29) is 12.5 Å². The van der Waals surface area contributed by atoms with E-state index in [4.69, 9.17) is 19.9 Å². The minimum Gasteiger partial charge on any atom is -0.493 e. The standard InChI is InChI=1S/C16H23NO4/c1-4-11-5-8-13(14(9-11)19-2)21-10-16(17,12-6-7-12)15(18)20-3/h5,8-9,12H,4,6-7,10,17H2,1-3H3. The molecule has 0 radical (unpaired) electrons. The minimum absolute atomic E-state index is 0.0895. The monoisotopic (exact) mass is 293 g/mol. The Morgan fingerprint density at radius 2 is 2.05 bits per heavy atom. The smallest absolute Gasteiger partial charge is 0.329 e. The first-order valence-corrected chi connectivity index (χ1v) is 7.22. The molecule has 0 aliphatic heterocycles. The lowest BCUT2D eigenvalue weighted by atomic mass is 9.96. The summed E-state index contributed by atoms with van der Waals surface area (Å²) in [6, 6.07) is 5.76. The molecule has 21 heavy (non-hydrogen) atoms. The number of aryl methyl sites for hydroxylation is 1. The van der Waals surface area contributed by atoms with E-state index in [1.165, 1.54) is 7.11 Å².